The van der Waals surface area contributed by atoms with E-state index in [0.717, 1.165) is 15.0 Å². The van der Waals surface area contributed by atoms with Crippen molar-refractivity contribution in [2.75, 3.05) is 5.73 Å². The van der Waals surface area contributed by atoms with Gasteiger partial charge in [0.05, 0.1) is 11.2 Å². The number of nitrogens with zero attached hydrogens (tertiary/aromatic N) is 1. The van der Waals surface area contributed by atoms with Gasteiger partial charge >= 0.3 is 0 Å². The first-order chi connectivity index (χ1) is 6.66. The third-order valence-corrected chi connectivity index (χ3v) is 3.37. The monoisotopic (exact) mass is 288 g/mol. The number of rotatable bonds is 1. The van der Waals surface area contributed by atoms with Crippen LogP contribution in [0.4, 0.5) is 5.00 Å². The van der Waals surface area contributed by atoms with E-state index in [1.54, 1.807) is 6.20 Å². The number of thiazole rings is 1. The molecule has 2 aromatic rings. The lowest BCUT2D eigenvalue weighted by Crippen LogP contribution is -1.77. The van der Waals surface area contributed by atoms with Gasteiger partial charge in [0.2, 0.25) is 0 Å². The van der Waals surface area contributed by atoms with Crippen LogP contribution < -0.4 is 5.73 Å². The predicted octanol–water partition coefficient (Wildman–Crippen LogP) is 3.81. The molecule has 0 saturated heterocycles. The second kappa shape index (κ2) is 3.88. The number of nitrogens with two attached hydrogens (primary N) is 1. The van der Waals surface area contributed by atoms with Gasteiger partial charge in [-0.1, -0.05) is 38.9 Å². The molecule has 1 aromatic carbocycles. The van der Waals surface area contributed by atoms with E-state index in [1.165, 1.54) is 11.3 Å². The van der Waals surface area contributed by atoms with Crippen molar-refractivity contribution in [2.24, 2.45) is 0 Å². The zero-order valence-electron chi connectivity index (χ0n) is 7.00. The summed E-state index contributed by atoms with van der Waals surface area (Å²) in [6.07, 6.45) is 1.64. The van der Waals surface area contributed by atoms with Crippen molar-refractivity contribution in [3.05, 3.63) is 33.9 Å². The molecule has 14 heavy (non-hydrogen) atoms. The van der Waals surface area contributed by atoms with E-state index in [9.17, 15) is 0 Å². The molecule has 2 nitrogen and oxygen atoms in total. The molecule has 0 atom stereocenters. The molecular weight excluding hydrogens is 284 g/mol. The van der Waals surface area contributed by atoms with Crippen LogP contribution in [0.2, 0.25) is 5.02 Å². The van der Waals surface area contributed by atoms with E-state index in [-0.39, 0.29) is 0 Å². The molecule has 1 heterocycles. The molecular formula is C9H6BrClN2S. The van der Waals surface area contributed by atoms with E-state index in [1.807, 2.05) is 18.2 Å². The van der Waals surface area contributed by atoms with Gasteiger partial charge in [0.1, 0.15) is 10.0 Å². The minimum absolute atomic E-state index is 0.683. The first kappa shape index (κ1) is 9.96. The first-order valence-corrected chi connectivity index (χ1v) is 5.82. The molecule has 0 bridgehead atoms. The summed E-state index contributed by atoms with van der Waals surface area (Å²) in [5.74, 6) is 0. The van der Waals surface area contributed by atoms with Crippen LogP contribution in [0.3, 0.4) is 0 Å². The lowest BCUT2D eigenvalue weighted by Gasteiger charge is -2.00. The SMILES string of the molecule is Nc1cnc(-c2cc(Br)ccc2Cl)s1. The smallest absolute Gasteiger partial charge is 0.126 e. The van der Waals surface area contributed by atoms with Crippen LogP contribution in [0.5, 0.6) is 0 Å². The third-order valence-electron chi connectivity index (χ3n) is 1.68. The standard InChI is InChI=1S/C9H6BrClN2S/c10-5-1-2-7(11)6(3-5)9-13-4-8(12)14-9/h1-4H,12H2. The van der Waals surface area contributed by atoms with E-state index in [4.69, 9.17) is 17.3 Å². The summed E-state index contributed by atoms with van der Waals surface area (Å²) in [5.41, 5.74) is 6.51. The summed E-state index contributed by atoms with van der Waals surface area (Å²) >= 11 is 10.9. The van der Waals surface area contributed by atoms with E-state index in [0.29, 0.717) is 10.0 Å². The molecule has 0 radical (unpaired) electrons. The van der Waals surface area contributed by atoms with Crippen LogP contribution in [0.1, 0.15) is 0 Å². The lowest BCUT2D eigenvalue weighted by molar-refractivity contribution is 1.41. The maximum atomic E-state index is 6.05. The van der Waals surface area contributed by atoms with Gasteiger partial charge in [-0.25, -0.2) is 4.98 Å². The zero-order valence-corrected chi connectivity index (χ0v) is 10.2. The van der Waals surface area contributed by atoms with Crippen molar-refractivity contribution < 1.29 is 0 Å². The quantitative estimate of drug-likeness (QED) is 0.867. The molecule has 0 spiro atoms. The Morgan fingerprint density at radius 2 is 2.21 bits per heavy atom. The van der Waals surface area contributed by atoms with Crippen molar-refractivity contribution in [1.29, 1.82) is 0 Å². The third kappa shape index (κ3) is 1.92. The van der Waals surface area contributed by atoms with Gasteiger partial charge in [0, 0.05) is 10.0 Å². The van der Waals surface area contributed by atoms with Gasteiger partial charge in [-0.15, -0.1) is 0 Å². The summed E-state index contributed by atoms with van der Waals surface area (Å²) in [7, 11) is 0. The van der Waals surface area contributed by atoms with Gasteiger partial charge < -0.3 is 5.73 Å². The van der Waals surface area contributed by atoms with Gasteiger partial charge in [-0.2, -0.15) is 0 Å². The maximum Gasteiger partial charge on any atom is 0.126 e. The molecule has 5 heteroatoms. The average Bonchev–Trinajstić information content (AvgIpc) is 2.56. The fraction of sp³-hybridized carbons (Fsp3) is 0. The summed E-state index contributed by atoms with van der Waals surface area (Å²) in [4.78, 5) is 4.18. The molecule has 0 aliphatic rings. The highest BCUT2D eigenvalue weighted by Crippen LogP contribution is 2.33. The summed E-state index contributed by atoms with van der Waals surface area (Å²) in [6, 6.07) is 5.65. The van der Waals surface area contributed by atoms with Gasteiger partial charge in [-0.05, 0) is 18.2 Å². The highest BCUT2D eigenvalue weighted by atomic mass is 79.9. The maximum absolute atomic E-state index is 6.05. The molecule has 72 valence electrons. The molecule has 2 rings (SSSR count). The number of hydrogen-bond acceptors (Lipinski definition) is 3. The molecule has 0 amide bonds. The zero-order chi connectivity index (χ0) is 10.1. The highest BCUT2D eigenvalue weighted by molar-refractivity contribution is 9.10. The number of aromatic nitrogens is 1. The second-order valence-electron chi connectivity index (χ2n) is 2.69. The number of benzene rings is 1. The van der Waals surface area contributed by atoms with Crippen LogP contribution in [0, 0.1) is 0 Å². The van der Waals surface area contributed by atoms with E-state index >= 15 is 0 Å². The van der Waals surface area contributed by atoms with Crippen molar-refractivity contribution in [1.82, 2.24) is 4.98 Å². The Morgan fingerprint density at radius 3 is 2.86 bits per heavy atom. The summed E-state index contributed by atoms with van der Waals surface area (Å²) in [6.45, 7) is 0. The lowest BCUT2D eigenvalue weighted by atomic mass is 10.2. The molecule has 0 saturated carbocycles. The van der Waals surface area contributed by atoms with Crippen LogP contribution in [-0.2, 0) is 0 Å². The van der Waals surface area contributed by atoms with Crippen LogP contribution in [0.15, 0.2) is 28.9 Å². The highest BCUT2D eigenvalue weighted by Gasteiger charge is 2.07. The Labute approximate surface area is 98.9 Å². The molecule has 0 aliphatic carbocycles. The Morgan fingerprint density at radius 1 is 1.43 bits per heavy atom. The minimum Gasteiger partial charge on any atom is -0.389 e. The Hall–Kier alpha value is -0.580. The summed E-state index contributed by atoms with van der Waals surface area (Å²) in [5, 5.41) is 2.22. The van der Waals surface area contributed by atoms with Crippen molar-refractivity contribution in [3.8, 4) is 10.6 Å². The fourth-order valence-electron chi connectivity index (χ4n) is 1.07. The van der Waals surface area contributed by atoms with E-state index < -0.39 is 0 Å². The van der Waals surface area contributed by atoms with Crippen molar-refractivity contribution in [3.63, 3.8) is 0 Å². The first-order valence-electron chi connectivity index (χ1n) is 3.83. The molecule has 2 N–H and O–H groups in total. The number of nitrogen functional groups attached to an aromatic ring is 1. The normalized spacial score (nSPS) is 10.4. The van der Waals surface area contributed by atoms with Crippen LogP contribution in [0.25, 0.3) is 10.6 Å². The van der Waals surface area contributed by atoms with Gasteiger partial charge in [0.25, 0.3) is 0 Å². The molecule has 0 unspecified atom stereocenters. The van der Waals surface area contributed by atoms with Crippen molar-refractivity contribution in [2.45, 2.75) is 0 Å². The Kier molecular flexibility index (Phi) is 2.76. The Balaban J connectivity index is 2.55. The van der Waals surface area contributed by atoms with Crippen molar-refractivity contribution >= 4 is 43.9 Å². The summed E-state index contributed by atoms with van der Waals surface area (Å²) < 4.78 is 0.977. The number of halogens is 2. The average molecular weight is 290 g/mol. The fourth-order valence-corrected chi connectivity index (χ4v) is 2.41. The number of hydrogen-bond donors (Lipinski definition) is 1. The molecule has 1 aromatic heterocycles. The largest absolute Gasteiger partial charge is 0.389 e. The molecule has 0 fully saturated rings. The molecule has 0 aliphatic heterocycles. The number of anilines is 1. The van der Waals surface area contributed by atoms with E-state index in [2.05, 4.69) is 20.9 Å². The topological polar surface area (TPSA) is 38.9 Å². The minimum atomic E-state index is 0.683. The van der Waals surface area contributed by atoms with Crippen LogP contribution >= 0.6 is 38.9 Å². The van der Waals surface area contributed by atoms with Crippen LogP contribution in [-0.4, -0.2) is 4.98 Å². The van der Waals surface area contributed by atoms with Gasteiger partial charge in [0.15, 0.2) is 0 Å². The second-order valence-corrected chi connectivity index (χ2v) is 5.08. The van der Waals surface area contributed by atoms with Gasteiger partial charge in [-0.3, -0.25) is 0 Å². The predicted molar refractivity (Wildman–Crippen MR) is 64.7 cm³/mol. The Bertz CT molecular complexity index is 470.